The molecule has 0 bridgehead atoms. The lowest BCUT2D eigenvalue weighted by molar-refractivity contribution is 0.0169. The number of nitrogens with zero attached hydrogens (tertiary/aromatic N) is 2. The zero-order chi connectivity index (χ0) is 19.2. The molecule has 27 heavy (non-hydrogen) atoms. The summed E-state index contributed by atoms with van der Waals surface area (Å²) in [6, 6.07) is 6.95. The summed E-state index contributed by atoms with van der Waals surface area (Å²) in [5.74, 6) is 1.43. The lowest BCUT2D eigenvalue weighted by Crippen LogP contribution is -2.64. The van der Waals surface area contributed by atoms with Gasteiger partial charge in [-0.25, -0.2) is 4.79 Å². The van der Waals surface area contributed by atoms with Gasteiger partial charge in [-0.2, -0.15) is 0 Å². The standard InChI is InChI=1S/C21H33N3O3/c1-4-12-27-20-17(9-7-10-19(20)26-3)13-22-21(25)23-14-18(15-23)24-11-6-5-8-16(24)2/h7,9-10,16,18H,4-6,8,11-15H2,1-3H3,(H,22,25). The second kappa shape index (κ2) is 9.31. The van der Waals surface area contributed by atoms with Crippen LogP contribution in [0, 0.1) is 0 Å². The minimum Gasteiger partial charge on any atom is -0.493 e. The van der Waals surface area contributed by atoms with Crippen molar-refractivity contribution in [1.82, 2.24) is 15.1 Å². The van der Waals surface area contributed by atoms with E-state index in [1.54, 1.807) is 7.11 Å². The monoisotopic (exact) mass is 375 g/mol. The Morgan fingerprint density at radius 1 is 1.30 bits per heavy atom. The van der Waals surface area contributed by atoms with E-state index in [-0.39, 0.29) is 6.03 Å². The maximum absolute atomic E-state index is 12.5. The van der Waals surface area contributed by atoms with Gasteiger partial charge in [-0.3, -0.25) is 4.90 Å². The second-order valence-corrected chi connectivity index (χ2v) is 7.60. The summed E-state index contributed by atoms with van der Waals surface area (Å²) in [6.07, 6.45) is 4.81. The Kier molecular flexibility index (Phi) is 6.83. The van der Waals surface area contributed by atoms with Gasteiger partial charge in [0, 0.05) is 37.3 Å². The first-order chi connectivity index (χ1) is 13.1. The van der Waals surface area contributed by atoms with Crippen LogP contribution in [0.5, 0.6) is 11.5 Å². The molecule has 0 saturated carbocycles. The smallest absolute Gasteiger partial charge is 0.317 e. The number of benzene rings is 1. The van der Waals surface area contributed by atoms with E-state index in [9.17, 15) is 4.79 Å². The van der Waals surface area contributed by atoms with Crippen LogP contribution in [-0.2, 0) is 6.54 Å². The fourth-order valence-electron chi connectivity index (χ4n) is 4.01. The van der Waals surface area contributed by atoms with Gasteiger partial charge in [0.25, 0.3) is 0 Å². The average molecular weight is 376 g/mol. The number of piperidine rings is 1. The average Bonchev–Trinajstić information content (AvgIpc) is 2.65. The summed E-state index contributed by atoms with van der Waals surface area (Å²) in [6.45, 7) is 8.27. The fraction of sp³-hybridized carbons (Fsp3) is 0.667. The largest absolute Gasteiger partial charge is 0.493 e. The number of nitrogens with one attached hydrogen (secondary N) is 1. The third-order valence-corrected chi connectivity index (χ3v) is 5.63. The van der Waals surface area contributed by atoms with E-state index in [0.29, 0.717) is 31.0 Å². The zero-order valence-electron chi connectivity index (χ0n) is 16.9. The SMILES string of the molecule is CCCOc1c(CNC(=O)N2CC(N3CCCCC3C)C2)cccc1OC. The number of hydrogen-bond donors (Lipinski definition) is 1. The van der Waals surface area contributed by atoms with Gasteiger partial charge in [0.2, 0.25) is 0 Å². The van der Waals surface area contributed by atoms with Crippen LogP contribution in [0.1, 0.15) is 45.1 Å². The highest BCUT2D eigenvalue weighted by atomic mass is 16.5. The highest BCUT2D eigenvalue weighted by Crippen LogP contribution is 2.31. The number of methoxy groups -OCH3 is 1. The van der Waals surface area contributed by atoms with Crippen LogP contribution in [0.15, 0.2) is 18.2 Å². The van der Waals surface area contributed by atoms with Gasteiger partial charge in [-0.05, 0) is 38.8 Å². The van der Waals surface area contributed by atoms with Crippen LogP contribution in [-0.4, -0.2) is 61.3 Å². The number of likely N-dealkylation sites (tertiary alicyclic amines) is 2. The summed E-state index contributed by atoms with van der Waals surface area (Å²) in [7, 11) is 1.64. The van der Waals surface area contributed by atoms with Gasteiger partial charge in [-0.15, -0.1) is 0 Å². The fourth-order valence-corrected chi connectivity index (χ4v) is 4.01. The number of amides is 2. The van der Waals surface area contributed by atoms with Crippen molar-refractivity contribution in [2.75, 3.05) is 33.4 Å². The first-order valence-electron chi connectivity index (χ1n) is 10.2. The van der Waals surface area contributed by atoms with Crippen molar-refractivity contribution in [3.05, 3.63) is 23.8 Å². The van der Waals surface area contributed by atoms with Crippen LogP contribution in [0.25, 0.3) is 0 Å². The molecule has 3 rings (SSSR count). The van der Waals surface area contributed by atoms with Crippen LogP contribution in [0.3, 0.4) is 0 Å². The predicted octanol–water partition coefficient (Wildman–Crippen LogP) is 3.25. The molecule has 6 nitrogen and oxygen atoms in total. The molecular formula is C21H33N3O3. The number of urea groups is 1. The highest BCUT2D eigenvalue weighted by molar-refractivity contribution is 5.75. The van der Waals surface area contributed by atoms with E-state index in [1.165, 1.54) is 25.8 Å². The number of carbonyl (C=O) groups is 1. The van der Waals surface area contributed by atoms with Crippen LogP contribution < -0.4 is 14.8 Å². The predicted molar refractivity (Wildman–Crippen MR) is 106 cm³/mol. The Bertz CT molecular complexity index is 631. The Balaban J connectivity index is 1.51. The summed E-state index contributed by atoms with van der Waals surface area (Å²) < 4.78 is 11.3. The summed E-state index contributed by atoms with van der Waals surface area (Å²) in [5, 5.41) is 3.04. The second-order valence-electron chi connectivity index (χ2n) is 7.60. The molecular weight excluding hydrogens is 342 g/mol. The minimum absolute atomic E-state index is 0.000161. The number of para-hydroxylation sites is 1. The van der Waals surface area contributed by atoms with Crippen LogP contribution >= 0.6 is 0 Å². The minimum atomic E-state index is 0.000161. The lowest BCUT2D eigenvalue weighted by atomic mass is 9.98. The van der Waals surface area contributed by atoms with Crippen LogP contribution in [0.4, 0.5) is 4.79 Å². The van der Waals surface area contributed by atoms with Gasteiger partial charge >= 0.3 is 6.03 Å². The molecule has 0 aromatic heterocycles. The molecule has 150 valence electrons. The highest BCUT2D eigenvalue weighted by Gasteiger charge is 2.37. The van der Waals surface area contributed by atoms with Gasteiger partial charge in [0.1, 0.15) is 0 Å². The molecule has 2 aliphatic rings. The van der Waals surface area contributed by atoms with Crippen molar-refractivity contribution in [1.29, 1.82) is 0 Å². The molecule has 2 saturated heterocycles. The third-order valence-electron chi connectivity index (χ3n) is 5.63. The molecule has 2 aliphatic heterocycles. The van der Waals surface area contributed by atoms with Gasteiger partial charge in [0.05, 0.1) is 13.7 Å². The molecule has 1 N–H and O–H groups in total. The Morgan fingerprint density at radius 3 is 2.81 bits per heavy atom. The number of rotatable bonds is 7. The van der Waals surface area contributed by atoms with Crippen molar-refractivity contribution in [3.63, 3.8) is 0 Å². The molecule has 0 aliphatic carbocycles. The number of ether oxygens (including phenoxy) is 2. The normalized spacial score (nSPS) is 20.9. The lowest BCUT2D eigenvalue weighted by Gasteiger charge is -2.49. The molecule has 1 aromatic carbocycles. The Morgan fingerprint density at radius 2 is 2.11 bits per heavy atom. The number of carbonyl (C=O) groups excluding carboxylic acids is 1. The molecule has 0 spiro atoms. The van der Waals surface area contributed by atoms with Crippen molar-refractivity contribution < 1.29 is 14.3 Å². The van der Waals surface area contributed by atoms with E-state index in [4.69, 9.17) is 9.47 Å². The molecule has 0 radical (unpaired) electrons. The maximum Gasteiger partial charge on any atom is 0.317 e. The Labute approximate surface area is 162 Å². The van der Waals surface area contributed by atoms with Crippen molar-refractivity contribution in [2.24, 2.45) is 0 Å². The van der Waals surface area contributed by atoms with E-state index in [2.05, 4.69) is 24.1 Å². The first-order valence-corrected chi connectivity index (χ1v) is 10.2. The third kappa shape index (κ3) is 4.67. The molecule has 1 unspecified atom stereocenters. The van der Waals surface area contributed by atoms with Gasteiger partial charge in [0.15, 0.2) is 11.5 Å². The molecule has 2 heterocycles. The summed E-state index contributed by atoms with van der Waals surface area (Å²) in [4.78, 5) is 17.0. The van der Waals surface area contributed by atoms with Crippen molar-refractivity contribution in [2.45, 2.75) is 58.2 Å². The molecule has 2 fully saturated rings. The maximum atomic E-state index is 12.5. The molecule has 6 heteroatoms. The zero-order valence-corrected chi connectivity index (χ0v) is 16.9. The topological polar surface area (TPSA) is 54.0 Å². The molecule has 1 aromatic rings. The van der Waals surface area contributed by atoms with E-state index in [0.717, 1.165) is 30.8 Å². The molecule has 1 atom stereocenters. The van der Waals surface area contributed by atoms with Gasteiger partial charge < -0.3 is 19.7 Å². The quantitative estimate of drug-likeness (QED) is 0.795. The van der Waals surface area contributed by atoms with Crippen molar-refractivity contribution in [3.8, 4) is 11.5 Å². The van der Waals surface area contributed by atoms with E-state index in [1.807, 2.05) is 23.1 Å². The van der Waals surface area contributed by atoms with E-state index < -0.39 is 0 Å². The Hall–Kier alpha value is -1.95. The summed E-state index contributed by atoms with van der Waals surface area (Å²) in [5.41, 5.74) is 0.942. The van der Waals surface area contributed by atoms with Crippen molar-refractivity contribution >= 4 is 6.03 Å². The first kappa shape index (κ1) is 19.8. The van der Waals surface area contributed by atoms with Gasteiger partial charge in [-0.1, -0.05) is 25.5 Å². The summed E-state index contributed by atoms with van der Waals surface area (Å²) >= 11 is 0. The van der Waals surface area contributed by atoms with E-state index >= 15 is 0 Å². The number of hydrogen-bond acceptors (Lipinski definition) is 4. The van der Waals surface area contributed by atoms with Crippen LogP contribution in [0.2, 0.25) is 0 Å². The molecule has 2 amide bonds.